The van der Waals surface area contributed by atoms with E-state index in [0.29, 0.717) is 19.8 Å². The second kappa shape index (κ2) is 5.96. The number of hydrogen-bond donors (Lipinski definition) is 1. The first-order valence-corrected chi connectivity index (χ1v) is 7.94. The van der Waals surface area contributed by atoms with Gasteiger partial charge in [0.05, 0.1) is 11.5 Å². The van der Waals surface area contributed by atoms with Gasteiger partial charge in [-0.05, 0) is 18.6 Å². The van der Waals surface area contributed by atoms with Gasteiger partial charge in [-0.25, -0.2) is 13.6 Å². The van der Waals surface area contributed by atoms with E-state index in [1.165, 1.54) is 12.1 Å². The molecule has 0 aromatic heterocycles. The van der Waals surface area contributed by atoms with Gasteiger partial charge in [0.2, 0.25) is 10.0 Å². The maximum atomic E-state index is 11.5. The number of anilines is 1. The largest absolute Gasteiger partial charge is 0.381 e. The summed E-state index contributed by atoms with van der Waals surface area (Å²) in [6.07, 6.45) is 0.882. The summed E-state index contributed by atoms with van der Waals surface area (Å²) in [5.41, 5.74) is -0.250. The third kappa shape index (κ3) is 3.49. The number of rotatable bonds is 5. The van der Waals surface area contributed by atoms with Crippen molar-refractivity contribution in [2.75, 3.05) is 31.7 Å². The lowest BCUT2D eigenvalue weighted by Gasteiger charge is -2.22. The molecule has 1 unspecified atom stereocenters. The zero-order valence-corrected chi connectivity index (χ0v) is 12.4. The van der Waals surface area contributed by atoms with E-state index in [1.54, 1.807) is 11.9 Å². The third-order valence-electron chi connectivity index (χ3n) is 3.43. The fourth-order valence-electron chi connectivity index (χ4n) is 2.44. The number of para-hydroxylation sites is 1. The molecule has 0 amide bonds. The number of hydrogen-bond acceptors (Lipinski definition) is 6. The minimum atomic E-state index is -4.15. The number of ether oxygens (including phenoxy) is 1. The molecule has 1 heterocycles. The second-order valence-electron chi connectivity index (χ2n) is 5.04. The van der Waals surface area contributed by atoms with E-state index < -0.39 is 25.5 Å². The Morgan fingerprint density at radius 1 is 1.52 bits per heavy atom. The first-order valence-electron chi connectivity index (χ1n) is 6.40. The molecule has 1 aliphatic heterocycles. The van der Waals surface area contributed by atoms with Gasteiger partial charge in [0, 0.05) is 26.1 Å². The Hall–Kier alpha value is -1.71. The molecule has 1 aromatic carbocycles. The van der Waals surface area contributed by atoms with Gasteiger partial charge in [-0.15, -0.1) is 0 Å². The van der Waals surface area contributed by atoms with Crippen LogP contribution in [0.3, 0.4) is 0 Å². The summed E-state index contributed by atoms with van der Waals surface area (Å²) in [4.78, 5) is 11.8. The summed E-state index contributed by atoms with van der Waals surface area (Å²) in [5.74, 6) is 0.271. The Labute approximate surface area is 122 Å². The first-order chi connectivity index (χ1) is 9.80. The molecule has 9 heteroatoms. The average Bonchev–Trinajstić information content (AvgIpc) is 2.89. The van der Waals surface area contributed by atoms with Crippen molar-refractivity contribution in [3.05, 3.63) is 28.3 Å². The molecular weight excluding hydrogens is 298 g/mol. The van der Waals surface area contributed by atoms with Crippen molar-refractivity contribution in [2.24, 2.45) is 11.1 Å². The second-order valence-corrected chi connectivity index (χ2v) is 6.57. The fourth-order valence-corrected chi connectivity index (χ4v) is 3.16. The van der Waals surface area contributed by atoms with Crippen molar-refractivity contribution >= 4 is 21.4 Å². The van der Waals surface area contributed by atoms with Gasteiger partial charge >= 0.3 is 5.69 Å². The van der Waals surface area contributed by atoms with Crippen molar-refractivity contribution < 1.29 is 18.1 Å². The van der Waals surface area contributed by atoms with Crippen LogP contribution in [-0.2, 0) is 14.8 Å². The van der Waals surface area contributed by atoms with E-state index >= 15 is 0 Å². The van der Waals surface area contributed by atoms with Crippen molar-refractivity contribution in [1.29, 1.82) is 0 Å². The molecule has 0 aliphatic carbocycles. The Morgan fingerprint density at radius 2 is 2.24 bits per heavy atom. The highest BCUT2D eigenvalue weighted by atomic mass is 32.2. The molecule has 1 aromatic rings. The Morgan fingerprint density at radius 3 is 2.76 bits per heavy atom. The van der Waals surface area contributed by atoms with Crippen LogP contribution in [0.4, 0.5) is 11.4 Å². The number of nitrogens with two attached hydrogens (primary N) is 1. The number of benzene rings is 1. The molecular formula is C12H17N3O5S. The predicted molar refractivity (Wildman–Crippen MR) is 76.7 cm³/mol. The monoisotopic (exact) mass is 315 g/mol. The highest BCUT2D eigenvalue weighted by Gasteiger charge is 2.29. The number of nitrogens with zero attached hydrogens (tertiary/aromatic N) is 2. The summed E-state index contributed by atoms with van der Waals surface area (Å²) >= 11 is 0. The Balaban J connectivity index is 2.40. The van der Waals surface area contributed by atoms with Gasteiger partial charge in [-0.2, -0.15) is 0 Å². The van der Waals surface area contributed by atoms with E-state index in [-0.39, 0.29) is 11.6 Å². The number of nitro groups is 1. The van der Waals surface area contributed by atoms with E-state index in [0.717, 1.165) is 12.5 Å². The predicted octanol–water partition coefficient (Wildman–Crippen LogP) is 0.715. The molecule has 0 radical (unpaired) electrons. The highest BCUT2D eigenvalue weighted by Crippen LogP contribution is 2.34. The van der Waals surface area contributed by atoms with Crippen LogP contribution in [0.1, 0.15) is 6.42 Å². The normalized spacial score (nSPS) is 18.7. The standard InChI is InChI=1S/C12H17N3O5S/c1-14(7-9-5-6-20-8-9)10-3-2-4-11(21(13,18)19)12(10)15(16)17/h2-4,9H,5-8H2,1H3,(H2,13,18,19). The van der Waals surface area contributed by atoms with E-state index in [9.17, 15) is 18.5 Å². The number of primary sulfonamides is 1. The Bertz CT molecular complexity index is 640. The zero-order chi connectivity index (χ0) is 15.6. The van der Waals surface area contributed by atoms with Crippen LogP contribution in [0.25, 0.3) is 0 Å². The lowest BCUT2D eigenvalue weighted by atomic mass is 10.1. The summed E-state index contributed by atoms with van der Waals surface area (Å²) in [6, 6.07) is 4.11. The topological polar surface area (TPSA) is 116 Å². The quantitative estimate of drug-likeness (QED) is 0.632. The van der Waals surface area contributed by atoms with Crippen LogP contribution in [0.2, 0.25) is 0 Å². The molecule has 0 saturated carbocycles. The fraction of sp³-hybridized carbons (Fsp3) is 0.500. The van der Waals surface area contributed by atoms with Gasteiger partial charge in [0.15, 0.2) is 4.90 Å². The highest BCUT2D eigenvalue weighted by molar-refractivity contribution is 7.89. The maximum absolute atomic E-state index is 11.5. The summed E-state index contributed by atoms with van der Waals surface area (Å²) < 4.78 is 28.3. The van der Waals surface area contributed by atoms with Crippen LogP contribution >= 0.6 is 0 Å². The third-order valence-corrected chi connectivity index (χ3v) is 4.38. The maximum Gasteiger partial charge on any atom is 0.312 e. The molecule has 8 nitrogen and oxygen atoms in total. The van der Waals surface area contributed by atoms with E-state index in [4.69, 9.17) is 9.88 Å². The molecule has 1 saturated heterocycles. The van der Waals surface area contributed by atoms with Crippen LogP contribution in [0.15, 0.2) is 23.1 Å². The summed E-state index contributed by atoms with van der Waals surface area (Å²) in [7, 11) is -2.47. The molecule has 21 heavy (non-hydrogen) atoms. The molecule has 2 N–H and O–H groups in total. The molecule has 1 fully saturated rings. The van der Waals surface area contributed by atoms with Gasteiger partial charge in [-0.1, -0.05) is 6.07 Å². The Kier molecular flexibility index (Phi) is 4.45. The van der Waals surface area contributed by atoms with Crippen LogP contribution in [0, 0.1) is 16.0 Å². The van der Waals surface area contributed by atoms with Gasteiger partial charge in [0.25, 0.3) is 0 Å². The van der Waals surface area contributed by atoms with E-state index in [2.05, 4.69) is 0 Å². The molecule has 1 atom stereocenters. The molecule has 0 spiro atoms. The van der Waals surface area contributed by atoms with Crippen LogP contribution in [-0.4, -0.2) is 40.1 Å². The van der Waals surface area contributed by atoms with Gasteiger partial charge in [-0.3, -0.25) is 10.1 Å². The lowest BCUT2D eigenvalue weighted by molar-refractivity contribution is -0.387. The molecule has 0 bridgehead atoms. The van der Waals surface area contributed by atoms with E-state index in [1.807, 2.05) is 0 Å². The van der Waals surface area contributed by atoms with Crippen molar-refractivity contribution in [1.82, 2.24) is 0 Å². The summed E-state index contributed by atoms with van der Waals surface area (Å²) in [5, 5.41) is 16.3. The number of nitro benzene ring substituents is 1. The van der Waals surface area contributed by atoms with Gasteiger partial charge < -0.3 is 9.64 Å². The van der Waals surface area contributed by atoms with Crippen molar-refractivity contribution in [3.63, 3.8) is 0 Å². The van der Waals surface area contributed by atoms with Crippen LogP contribution < -0.4 is 10.0 Å². The van der Waals surface area contributed by atoms with Gasteiger partial charge in [0.1, 0.15) is 5.69 Å². The summed E-state index contributed by atoms with van der Waals surface area (Å²) in [6.45, 7) is 1.83. The molecule has 2 rings (SSSR count). The zero-order valence-electron chi connectivity index (χ0n) is 11.6. The minimum absolute atomic E-state index is 0.235. The lowest BCUT2D eigenvalue weighted by Crippen LogP contribution is -2.27. The SMILES string of the molecule is CN(CC1CCOC1)c1cccc(S(N)(=O)=O)c1[N+](=O)[O-]. The van der Waals surface area contributed by atoms with Crippen LogP contribution in [0.5, 0.6) is 0 Å². The molecule has 116 valence electrons. The average molecular weight is 315 g/mol. The first kappa shape index (κ1) is 15.7. The molecule has 1 aliphatic rings. The minimum Gasteiger partial charge on any atom is -0.381 e. The van der Waals surface area contributed by atoms with Crippen molar-refractivity contribution in [3.8, 4) is 0 Å². The smallest absolute Gasteiger partial charge is 0.312 e. The number of sulfonamides is 1. The van der Waals surface area contributed by atoms with Crippen molar-refractivity contribution in [2.45, 2.75) is 11.3 Å².